The Morgan fingerprint density at radius 1 is 0.409 bits per heavy atom. The predicted octanol–water partition coefficient (Wildman–Crippen LogP) is 14.1. The first-order valence-electron chi connectivity index (χ1n) is 24.0. The van der Waals surface area contributed by atoms with Gasteiger partial charge in [0, 0.05) is 59.5 Å². The Bertz CT molecular complexity index is 3240. The summed E-state index contributed by atoms with van der Waals surface area (Å²) in [6.45, 7) is 22.7. The Morgan fingerprint density at radius 2 is 0.742 bits per heavy atom. The van der Waals surface area contributed by atoms with Gasteiger partial charge in [0.05, 0.1) is 11.1 Å². The van der Waals surface area contributed by atoms with Gasteiger partial charge >= 0.3 is 11.3 Å². The molecule has 0 unspecified atom stereocenters. The van der Waals surface area contributed by atoms with Gasteiger partial charge in [-0.3, -0.25) is 0 Å². The van der Waals surface area contributed by atoms with Crippen LogP contribution in [0.25, 0.3) is 77.2 Å². The Hall–Kier alpha value is -6.40. The monoisotopic (exact) mass is 870 g/mol. The van der Waals surface area contributed by atoms with Crippen LogP contribution < -0.4 is 21.1 Å². The molecule has 0 radical (unpaired) electrons. The molecule has 0 aliphatic carbocycles. The second-order valence-corrected chi connectivity index (χ2v) is 22.4. The van der Waals surface area contributed by atoms with E-state index < -0.39 is 0 Å². The summed E-state index contributed by atoms with van der Waals surface area (Å²) in [5.41, 5.74) is 15.6. The zero-order chi connectivity index (χ0) is 45.7. The minimum atomic E-state index is -0.302. The average Bonchev–Trinajstić information content (AvgIpc) is 3.29. The molecule has 6 aromatic carbocycles. The number of benzene rings is 6. The van der Waals surface area contributed by atoms with Gasteiger partial charge in [0.25, 0.3) is 0 Å². The smallest absolute Gasteiger partial charge is 0.344 e. The van der Waals surface area contributed by atoms with Gasteiger partial charge in [-0.15, -0.1) is 0 Å². The molecule has 8 aromatic rings. The maximum atomic E-state index is 13.9. The molecule has 0 fully saturated rings. The minimum Gasteiger partial charge on any atom is -0.422 e. The first-order valence-corrected chi connectivity index (χ1v) is 24.0. The molecular weight excluding hydrogens is 813 g/mol. The fourth-order valence-corrected chi connectivity index (χ4v) is 12.2. The lowest BCUT2D eigenvalue weighted by atomic mass is 9.69. The molecule has 0 saturated carbocycles. The molecule has 0 spiro atoms. The van der Waals surface area contributed by atoms with E-state index in [2.05, 4.69) is 174 Å². The first-order chi connectivity index (χ1) is 31.5. The fourth-order valence-electron chi connectivity index (χ4n) is 12.2. The molecule has 0 atom stereocenters. The molecule has 0 bridgehead atoms. The normalized spacial score (nSPS) is 18.7. The summed E-state index contributed by atoms with van der Waals surface area (Å²) < 4.78 is 12.7. The maximum absolute atomic E-state index is 13.9. The molecule has 0 saturated heterocycles. The van der Waals surface area contributed by atoms with Gasteiger partial charge in [-0.2, -0.15) is 0 Å². The van der Waals surface area contributed by atoms with E-state index >= 15 is 0 Å². The summed E-state index contributed by atoms with van der Waals surface area (Å²) in [6.07, 6.45) is 4.25. The van der Waals surface area contributed by atoms with Crippen molar-refractivity contribution >= 4 is 44.1 Å². The number of hydrogen-bond donors (Lipinski definition) is 0. The van der Waals surface area contributed by atoms with E-state index in [0.717, 1.165) is 118 Å². The molecule has 332 valence electrons. The number of nitrogens with zero attached hydrogens (tertiary/aromatic N) is 2. The molecule has 6 heteroatoms. The topological polar surface area (TPSA) is 66.9 Å². The van der Waals surface area contributed by atoms with Gasteiger partial charge in [0.2, 0.25) is 0 Å². The number of rotatable bonds is 4. The summed E-state index contributed by atoms with van der Waals surface area (Å²) in [4.78, 5) is 32.8. The van der Waals surface area contributed by atoms with Crippen LogP contribution in [0.2, 0.25) is 0 Å². The highest BCUT2D eigenvalue weighted by atomic mass is 16.4. The van der Waals surface area contributed by atoms with E-state index in [1.807, 2.05) is 0 Å². The van der Waals surface area contributed by atoms with E-state index in [1.165, 1.54) is 33.6 Å². The van der Waals surface area contributed by atoms with Gasteiger partial charge in [-0.25, -0.2) is 9.59 Å². The largest absolute Gasteiger partial charge is 0.422 e. The second kappa shape index (κ2) is 14.1. The van der Waals surface area contributed by atoms with Crippen LogP contribution >= 0.6 is 0 Å². The highest BCUT2D eigenvalue weighted by molar-refractivity contribution is 6.05. The van der Waals surface area contributed by atoms with Crippen molar-refractivity contribution in [2.45, 2.75) is 103 Å². The van der Waals surface area contributed by atoms with Crippen LogP contribution in [0.3, 0.4) is 0 Å². The molecular formula is C60H58N2O4. The van der Waals surface area contributed by atoms with Crippen molar-refractivity contribution in [1.29, 1.82) is 0 Å². The second-order valence-electron chi connectivity index (χ2n) is 22.4. The van der Waals surface area contributed by atoms with E-state index in [1.54, 1.807) is 0 Å². The van der Waals surface area contributed by atoms with Crippen molar-refractivity contribution < 1.29 is 8.83 Å². The summed E-state index contributed by atoms with van der Waals surface area (Å²) in [5, 5.41) is 4.27. The lowest BCUT2D eigenvalue weighted by molar-refractivity contribution is 0.398. The summed E-state index contributed by atoms with van der Waals surface area (Å²) in [7, 11) is 0. The van der Waals surface area contributed by atoms with Crippen molar-refractivity contribution in [2.24, 2.45) is 0 Å². The molecule has 0 amide bonds. The highest BCUT2D eigenvalue weighted by Gasteiger charge is 2.43. The third-order valence-electron chi connectivity index (χ3n) is 16.4. The molecule has 4 aliphatic heterocycles. The third kappa shape index (κ3) is 6.12. The van der Waals surface area contributed by atoms with Crippen molar-refractivity contribution in [1.82, 2.24) is 0 Å². The molecule has 12 rings (SSSR count). The Labute approximate surface area is 386 Å². The van der Waals surface area contributed by atoms with E-state index in [-0.39, 0.29) is 32.9 Å². The van der Waals surface area contributed by atoms with Crippen LogP contribution in [0.1, 0.15) is 103 Å². The molecule has 66 heavy (non-hydrogen) atoms. The minimum absolute atomic E-state index is 0.0341. The van der Waals surface area contributed by atoms with Crippen LogP contribution in [0.4, 0.5) is 11.4 Å². The Kier molecular flexibility index (Phi) is 8.75. The van der Waals surface area contributed by atoms with Gasteiger partial charge in [-0.05, 0) is 127 Å². The molecule has 0 N–H and O–H groups in total. The number of hydrogen-bond acceptors (Lipinski definition) is 6. The zero-order valence-corrected chi connectivity index (χ0v) is 39.6. The zero-order valence-electron chi connectivity index (χ0n) is 39.6. The van der Waals surface area contributed by atoms with Gasteiger partial charge in [0.15, 0.2) is 0 Å². The molecule has 4 aliphatic rings. The van der Waals surface area contributed by atoms with Crippen molar-refractivity contribution in [3.8, 4) is 44.5 Å². The predicted molar refractivity (Wildman–Crippen MR) is 273 cm³/mol. The SMILES string of the molecule is CC1(C)CCN2CCC(C)(C)c3c2c1cc1cc(-c2ccc(-c4cccc5c(-c6ccc(-c7cc8cc9c%10c(c8oc7=O)C(C)(C)CCN%10CCC9(C)C)cc6)cccc45)cc2)c(=O)oc31. The van der Waals surface area contributed by atoms with E-state index in [0.29, 0.717) is 11.1 Å². The van der Waals surface area contributed by atoms with Crippen LogP contribution in [-0.2, 0) is 21.7 Å². The van der Waals surface area contributed by atoms with Crippen LogP contribution in [-0.4, -0.2) is 26.2 Å². The fraction of sp³-hybridized carbons (Fsp3) is 0.333. The summed E-state index contributed by atoms with van der Waals surface area (Å²) in [6, 6.07) is 38.3. The molecule has 6 heterocycles. The summed E-state index contributed by atoms with van der Waals surface area (Å²) >= 11 is 0. The average molecular weight is 871 g/mol. The van der Waals surface area contributed by atoms with Crippen molar-refractivity contribution in [3.63, 3.8) is 0 Å². The highest BCUT2D eigenvalue weighted by Crippen LogP contribution is 2.54. The van der Waals surface area contributed by atoms with Crippen LogP contribution in [0.5, 0.6) is 0 Å². The quantitative estimate of drug-likeness (QED) is 0.164. The first kappa shape index (κ1) is 41.1. The number of anilines is 2. The Morgan fingerprint density at radius 3 is 1.11 bits per heavy atom. The molecule has 6 nitrogen and oxygen atoms in total. The molecule has 2 aromatic heterocycles. The lowest BCUT2D eigenvalue weighted by Gasteiger charge is -2.48. The van der Waals surface area contributed by atoms with Gasteiger partial charge in [0.1, 0.15) is 11.2 Å². The third-order valence-corrected chi connectivity index (χ3v) is 16.4. The summed E-state index contributed by atoms with van der Waals surface area (Å²) in [5.74, 6) is 0. The maximum Gasteiger partial charge on any atom is 0.344 e. The number of fused-ring (bicyclic) bond motifs is 5. The van der Waals surface area contributed by atoms with E-state index in [9.17, 15) is 9.59 Å². The standard InChI is InChI=1S/C60H58N2O4/c1-57(2)23-27-61-29-25-59(5,6)49-51(61)47(57)33-39-31-45(55(63)65-53(39)49)37-19-15-35(16-20-37)41-11-9-14-44-42(12-10-13-43(41)44)36-17-21-38(22-18-36)46-32-40-34-48-52-50(54(40)66-56(46)64)60(7,8)26-30-62(52)28-24-58(48,3)4/h9-22,31-34H,23-30H2,1-8H3. The van der Waals surface area contributed by atoms with Crippen LogP contribution in [0.15, 0.2) is 128 Å². The van der Waals surface area contributed by atoms with Gasteiger partial charge in [-0.1, -0.05) is 140 Å². The lowest BCUT2D eigenvalue weighted by Crippen LogP contribution is -2.44. The van der Waals surface area contributed by atoms with Crippen LogP contribution in [0, 0.1) is 0 Å². The Balaban J connectivity index is 0.880. The van der Waals surface area contributed by atoms with E-state index in [4.69, 9.17) is 8.83 Å². The van der Waals surface area contributed by atoms with Crippen molar-refractivity contribution in [2.75, 3.05) is 36.0 Å². The van der Waals surface area contributed by atoms with Crippen molar-refractivity contribution in [3.05, 3.63) is 152 Å². The van der Waals surface area contributed by atoms with Gasteiger partial charge < -0.3 is 18.6 Å².